The van der Waals surface area contributed by atoms with E-state index in [1.807, 2.05) is 29.5 Å². The Bertz CT molecular complexity index is 1210. The SMILES string of the molecule is COC(=O)c1ccc2[nH]cc(CCCCN3CCc4c(sc5ccccc45)C3)c2c1. The first-order chi connectivity index (χ1) is 14.7. The predicted octanol–water partition coefficient (Wildman–Crippen LogP) is 5.55. The standard InChI is InChI=1S/C25H26N2O2S/c1-29-25(28)17-9-10-22-21(14-17)18(15-26-22)6-4-5-12-27-13-11-20-19-7-2-3-8-23(19)30-24(20)16-27/h2-3,7-10,14-15,26H,4-6,11-13,16H2,1H3. The van der Waals surface area contributed by atoms with E-state index in [0.717, 1.165) is 49.8 Å². The monoisotopic (exact) mass is 418 g/mol. The number of ether oxygens (including phenoxy) is 1. The number of nitrogens with one attached hydrogen (secondary N) is 1. The van der Waals surface area contributed by atoms with Gasteiger partial charge < -0.3 is 9.72 Å². The lowest BCUT2D eigenvalue weighted by Crippen LogP contribution is -2.30. The van der Waals surface area contributed by atoms with Crippen LogP contribution in [0.1, 0.15) is 39.2 Å². The topological polar surface area (TPSA) is 45.3 Å². The molecule has 4 nitrogen and oxygen atoms in total. The lowest BCUT2D eigenvalue weighted by molar-refractivity contribution is 0.0601. The minimum absolute atomic E-state index is 0.283. The molecule has 0 amide bonds. The van der Waals surface area contributed by atoms with Crippen LogP contribution in [0.15, 0.2) is 48.7 Å². The highest BCUT2D eigenvalue weighted by Gasteiger charge is 2.20. The van der Waals surface area contributed by atoms with Gasteiger partial charge in [0, 0.05) is 39.8 Å². The number of unbranched alkanes of at least 4 members (excludes halogenated alkanes) is 1. The maximum Gasteiger partial charge on any atom is 0.337 e. The molecule has 0 aliphatic carbocycles. The summed E-state index contributed by atoms with van der Waals surface area (Å²) in [4.78, 5) is 19.3. The van der Waals surface area contributed by atoms with E-state index in [0.29, 0.717) is 5.56 Å². The second-order valence-electron chi connectivity index (χ2n) is 8.05. The van der Waals surface area contributed by atoms with Crippen molar-refractivity contribution in [2.24, 2.45) is 0 Å². The van der Waals surface area contributed by atoms with Crippen molar-refractivity contribution in [3.8, 4) is 0 Å². The number of thiophene rings is 1. The van der Waals surface area contributed by atoms with Crippen molar-refractivity contribution in [2.75, 3.05) is 20.2 Å². The maximum absolute atomic E-state index is 11.8. The highest BCUT2D eigenvalue weighted by Crippen LogP contribution is 2.35. The van der Waals surface area contributed by atoms with Crippen LogP contribution in [-0.4, -0.2) is 36.1 Å². The van der Waals surface area contributed by atoms with Crippen molar-refractivity contribution >= 4 is 38.3 Å². The number of hydrogen-bond donors (Lipinski definition) is 1. The number of methoxy groups -OCH3 is 1. The number of aromatic nitrogens is 1. The van der Waals surface area contributed by atoms with E-state index in [-0.39, 0.29) is 5.97 Å². The van der Waals surface area contributed by atoms with E-state index in [9.17, 15) is 4.79 Å². The summed E-state index contributed by atoms with van der Waals surface area (Å²) in [6, 6.07) is 14.5. The van der Waals surface area contributed by atoms with Crippen LogP contribution in [0.2, 0.25) is 0 Å². The molecule has 154 valence electrons. The summed E-state index contributed by atoms with van der Waals surface area (Å²) in [6.07, 6.45) is 6.59. The highest BCUT2D eigenvalue weighted by atomic mass is 32.1. The zero-order valence-electron chi connectivity index (χ0n) is 17.2. The van der Waals surface area contributed by atoms with Crippen molar-refractivity contribution in [1.29, 1.82) is 0 Å². The number of fused-ring (bicyclic) bond motifs is 4. The second-order valence-corrected chi connectivity index (χ2v) is 9.19. The molecule has 0 radical (unpaired) electrons. The minimum Gasteiger partial charge on any atom is -0.465 e. The van der Waals surface area contributed by atoms with Crippen LogP contribution in [0.5, 0.6) is 0 Å². The number of benzene rings is 2. The summed E-state index contributed by atoms with van der Waals surface area (Å²) in [7, 11) is 1.42. The third-order valence-electron chi connectivity index (χ3n) is 6.19. The van der Waals surface area contributed by atoms with Crippen molar-refractivity contribution < 1.29 is 9.53 Å². The Labute approximate surface area is 180 Å². The quantitative estimate of drug-likeness (QED) is 0.330. The van der Waals surface area contributed by atoms with Crippen LogP contribution in [0.25, 0.3) is 21.0 Å². The Balaban J connectivity index is 1.18. The lowest BCUT2D eigenvalue weighted by Gasteiger charge is -2.26. The fourth-order valence-electron chi connectivity index (χ4n) is 4.58. The van der Waals surface area contributed by atoms with E-state index in [1.165, 1.54) is 29.2 Å². The third kappa shape index (κ3) is 3.64. The number of rotatable bonds is 6. The molecular formula is C25H26N2O2S. The normalized spacial score (nSPS) is 14.3. The lowest BCUT2D eigenvalue weighted by atomic mass is 10.0. The zero-order chi connectivity index (χ0) is 20.5. The molecule has 0 bridgehead atoms. The number of esters is 1. The molecule has 0 saturated carbocycles. The number of carbonyl (C=O) groups is 1. The number of aromatic amines is 1. The molecule has 5 heteroatoms. The van der Waals surface area contributed by atoms with Crippen molar-refractivity contribution in [3.05, 3.63) is 70.2 Å². The van der Waals surface area contributed by atoms with Gasteiger partial charge in [-0.2, -0.15) is 0 Å². The fourth-order valence-corrected chi connectivity index (χ4v) is 5.87. The largest absolute Gasteiger partial charge is 0.465 e. The zero-order valence-corrected chi connectivity index (χ0v) is 18.1. The van der Waals surface area contributed by atoms with E-state index < -0.39 is 0 Å². The summed E-state index contributed by atoms with van der Waals surface area (Å²) in [5.74, 6) is -0.283. The molecular weight excluding hydrogens is 392 g/mol. The third-order valence-corrected chi connectivity index (χ3v) is 7.38. The average Bonchev–Trinajstić information content (AvgIpc) is 3.36. The number of aryl methyl sites for hydroxylation is 1. The smallest absolute Gasteiger partial charge is 0.337 e. The fraction of sp³-hybridized carbons (Fsp3) is 0.320. The first kappa shape index (κ1) is 19.3. The molecule has 30 heavy (non-hydrogen) atoms. The van der Waals surface area contributed by atoms with Crippen LogP contribution in [0.4, 0.5) is 0 Å². The Hall–Kier alpha value is -2.63. The molecule has 4 aromatic rings. The van der Waals surface area contributed by atoms with Gasteiger partial charge in [0.05, 0.1) is 12.7 Å². The summed E-state index contributed by atoms with van der Waals surface area (Å²) in [5.41, 5.74) is 4.54. The summed E-state index contributed by atoms with van der Waals surface area (Å²) >= 11 is 1.96. The summed E-state index contributed by atoms with van der Waals surface area (Å²) in [5, 5.41) is 2.59. The molecule has 2 aromatic heterocycles. The van der Waals surface area contributed by atoms with Gasteiger partial charge in [0.2, 0.25) is 0 Å². The van der Waals surface area contributed by atoms with Crippen molar-refractivity contribution in [1.82, 2.24) is 9.88 Å². The molecule has 3 heterocycles. The molecule has 1 aliphatic heterocycles. The highest BCUT2D eigenvalue weighted by molar-refractivity contribution is 7.19. The van der Waals surface area contributed by atoms with Crippen LogP contribution in [0.3, 0.4) is 0 Å². The Morgan fingerprint density at radius 3 is 2.97 bits per heavy atom. The molecule has 0 fully saturated rings. The summed E-state index contributed by atoms with van der Waals surface area (Å²) in [6.45, 7) is 3.39. The van der Waals surface area contributed by atoms with Gasteiger partial charge in [-0.25, -0.2) is 4.79 Å². The second kappa shape index (κ2) is 8.25. The van der Waals surface area contributed by atoms with E-state index in [2.05, 4.69) is 40.3 Å². The van der Waals surface area contributed by atoms with Gasteiger partial charge in [0.1, 0.15) is 0 Å². The molecule has 2 aromatic carbocycles. The van der Waals surface area contributed by atoms with Crippen LogP contribution in [0, 0.1) is 0 Å². The number of H-pyrrole nitrogens is 1. The molecule has 0 spiro atoms. The summed E-state index contributed by atoms with van der Waals surface area (Å²) < 4.78 is 6.28. The number of nitrogens with zero attached hydrogens (tertiary/aromatic N) is 1. The van der Waals surface area contributed by atoms with Gasteiger partial charge in [0.15, 0.2) is 0 Å². The molecule has 1 aliphatic rings. The minimum atomic E-state index is -0.283. The molecule has 0 unspecified atom stereocenters. The predicted molar refractivity (Wildman–Crippen MR) is 123 cm³/mol. The number of carbonyl (C=O) groups excluding carboxylic acids is 1. The maximum atomic E-state index is 11.8. The van der Waals surface area contributed by atoms with E-state index in [4.69, 9.17) is 4.74 Å². The molecule has 5 rings (SSSR count). The van der Waals surface area contributed by atoms with E-state index in [1.54, 1.807) is 10.4 Å². The van der Waals surface area contributed by atoms with Crippen LogP contribution < -0.4 is 0 Å². The molecule has 1 N–H and O–H groups in total. The van der Waals surface area contributed by atoms with Crippen molar-refractivity contribution in [3.63, 3.8) is 0 Å². The first-order valence-corrected chi connectivity index (χ1v) is 11.4. The molecule has 0 saturated heterocycles. The van der Waals surface area contributed by atoms with Gasteiger partial charge in [-0.1, -0.05) is 18.2 Å². The van der Waals surface area contributed by atoms with Gasteiger partial charge >= 0.3 is 5.97 Å². The Kier molecular flexibility index (Phi) is 5.32. The van der Waals surface area contributed by atoms with E-state index >= 15 is 0 Å². The van der Waals surface area contributed by atoms with Crippen LogP contribution >= 0.6 is 11.3 Å². The average molecular weight is 419 g/mol. The van der Waals surface area contributed by atoms with Crippen LogP contribution in [-0.2, 0) is 24.1 Å². The van der Waals surface area contributed by atoms with Gasteiger partial charge in [-0.05, 0) is 73.0 Å². The van der Waals surface area contributed by atoms with Crippen molar-refractivity contribution in [2.45, 2.75) is 32.2 Å². The Morgan fingerprint density at radius 2 is 2.07 bits per heavy atom. The van der Waals surface area contributed by atoms with Gasteiger partial charge in [-0.15, -0.1) is 11.3 Å². The van der Waals surface area contributed by atoms with Gasteiger partial charge in [0.25, 0.3) is 0 Å². The van der Waals surface area contributed by atoms with Gasteiger partial charge in [-0.3, -0.25) is 4.90 Å². The molecule has 0 atom stereocenters. The Morgan fingerprint density at radius 1 is 1.17 bits per heavy atom. The first-order valence-electron chi connectivity index (χ1n) is 10.6. The number of hydrogen-bond acceptors (Lipinski definition) is 4.